The molecule has 0 radical (unpaired) electrons. The first-order valence-corrected chi connectivity index (χ1v) is 31.3. The maximum absolute atomic E-state index is 12.9. The van der Waals surface area contributed by atoms with E-state index in [1.165, 1.54) is 89.9 Å². The van der Waals surface area contributed by atoms with Crippen molar-refractivity contribution in [1.82, 2.24) is 0 Å². The molecule has 0 aromatic heterocycles. The van der Waals surface area contributed by atoms with Crippen LogP contribution in [0.4, 0.5) is 0 Å². The van der Waals surface area contributed by atoms with Crippen molar-refractivity contribution in [1.29, 1.82) is 0 Å². The number of carbonyl (C=O) groups is 3. The van der Waals surface area contributed by atoms with Gasteiger partial charge in [-0.25, -0.2) is 0 Å². The Morgan fingerprint density at radius 3 is 0.870 bits per heavy atom. The summed E-state index contributed by atoms with van der Waals surface area (Å²) >= 11 is 0. The molecule has 0 aliphatic heterocycles. The topological polar surface area (TPSA) is 78.9 Å². The van der Waals surface area contributed by atoms with Gasteiger partial charge in [0.15, 0.2) is 6.10 Å². The second-order valence-electron chi connectivity index (χ2n) is 20.2. The third-order valence-corrected chi connectivity index (χ3v) is 12.8. The Morgan fingerprint density at radius 2 is 0.519 bits per heavy atom. The fourth-order valence-corrected chi connectivity index (χ4v) is 8.16. The van der Waals surface area contributed by atoms with Gasteiger partial charge in [0.25, 0.3) is 0 Å². The number of ether oxygens (including phenoxy) is 3. The lowest BCUT2D eigenvalue weighted by atomic mass is 10.1. The summed E-state index contributed by atoms with van der Waals surface area (Å²) in [5, 5.41) is 0. The Balaban J connectivity index is 4.44. The lowest BCUT2D eigenvalue weighted by Crippen LogP contribution is -2.30. The van der Waals surface area contributed by atoms with Crippen molar-refractivity contribution >= 4 is 17.9 Å². The van der Waals surface area contributed by atoms with E-state index in [1.807, 2.05) is 0 Å². The normalized spacial score (nSPS) is 13.1. The molecule has 0 aliphatic carbocycles. The van der Waals surface area contributed by atoms with E-state index in [1.54, 1.807) is 0 Å². The average Bonchev–Trinajstić information content (AvgIpc) is 3.43. The Kier molecular flexibility index (Phi) is 59.9. The van der Waals surface area contributed by atoms with Crippen molar-refractivity contribution in [2.45, 2.75) is 271 Å². The van der Waals surface area contributed by atoms with Gasteiger partial charge in [0, 0.05) is 19.3 Å². The van der Waals surface area contributed by atoms with Gasteiger partial charge in [-0.15, -0.1) is 0 Å². The molecule has 0 aromatic carbocycles. The highest BCUT2D eigenvalue weighted by Gasteiger charge is 2.19. The number of unbranched alkanes of at least 4 members (excludes halogenated alkanes) is 20. The molecule has 0 N–H and O–H groups in total. The fourth-order valence-electron chi connectivity index (χ4n) is 8.16. The van der Waals surface area contributed by atoms with E-state index in [2.05, 4.69) is 167 Å². The summed E-state index contributed by atoms with van der Waals surface area (Å²) in [6.45, 7) is 6.43. The largest absolute Gasteiger partial charge is 0.462 e. The number of hydrogen-bond donors (Lipinski definition) is 0. The van der Waals surface area contributed by atoms with Crippen molar-refractivity contribution in [2.24, 2.45) is 0 Å². The van der Waals surface area contributed by atoms with Crippen LogP contribution in [-0.4, -0.2) is 37.2 Å². The first kappa shape index (κ1) is 72.3. The number of esters is 3. The van der Waals surface area contributed by atoms with Crippen LogP contribution in [0.3, 0.4) is 0 Å². The van der Waals surface area contributed by atoms with Crippen molar-refractivity contribution < 1.29 is 28.6 Å². The van der Waals surface area contributed by atoms with E-state index >= 15 is 0 Å². The third-order valence-electron chi connectivity index (χ3n) is 12.8. The monoisotopic (exact) mass is 1060 g/mol. The van der Waals surface area contributed by atoms with Gasteiger partial charge >= 0.3 is 17.9 Å². The number of rotatable bonds is 55. The van der Waals surface area contributed by atoms with Gasteiger partial charge in [-0.05, 0) is 122 Å². The quantitative estimate of drug-likeness (QED) is 0.0261. The molecular formula is C71H114O6. The molecule has 0 aromatic rings. The van der Waals surface area contributed by atoms with E-state index in [0.29, 0.717) is 19.3 Å². The van der Waals surface area contributed by atoms with Crippen molar-refractivity contribution in [3.63, 3.8) is 0 Å². The highest BCUT2D eigenvalue weighted by molar-refractivity contribution is 5.71. The summed E-state index contributed by atoms with van der Waals surface area (Å²) in [6, 6.07) is 0. The van der Waals surface area contributed by atoms with E-state index in [9.17, 15) is 14.4 Å². The summed E-state index contributed by atoms with van der Waals surface area (Å²) in [5.74, 6) is -0.982. The highest BCUT2D eigenvalue weighted by atomic mass is 16.6. The van der Waals surface area contributed by atoms with E-state index in [4.69, 9.17) is 14.2 Å². The van der Waals surface area contributed by atoms with Gasteiger partial charge in [-0.2, -0.15) is 0 Å². The molecule has 0 heterocycles. The zero-order chi connectivity index (χ0) is 55.7. The van der Waals surface area contributed by atoms with Crippen LogP contribution in [0.15, 0.2) is 146 Å². The van der Waals surface area contributed by atoms with Crippen LogP contribution >= 0.6 is 0 Å². The number of allylic oxidation sites excluding steroid dienone is 24. The predicted molar refractivity (Wildman–Crippen MR) is 334 cm³/mol. The van der Waals surface area contributed by atoms with Crippen LogP contribution in [0.5, 0.6) is 0 Å². The molecular weight excluding hydrogens is 949 g/mol. The van der Waals surface area contributed by atoms with Crippen molar-refractivity contribution in [3.8, 4) is 0 Å². The van der Waals surface area contributed by atoms with Crippen LogP contribution < -0.4 is 0 Å². The van der Waals surface area contributed by atoms with Crippen molar-refractivity contribution in [3.05, 3.63) is 146 Å². The number of hydrogen-bond acceptors (Lipinski definition) is 6. The minimum absolute atomic E-state index is 0.104. The van der Waals surface area contributed by atoms with Gasteiger partial charge in [0.1, 0.15) is 13.2 Å². The molecule has 0 amide bonds. The minimum atomic E-state index is -0.813. The van der Waals surface area contributed by atoms with Gasteiger partial charge in [0.2, 0.25) is 0 Å². The summed E-state index contributed by atoms with van der Waals surface area (Å²) in [4.78, 5) is 38.2. The summed E-state index contributed by atoms with van der Waals surface area (Å²) in [6.07, 6.45) is 91.4. The Hall–Kier alpha value is -4.71. The van der Waals surface area contributed by atoms with E-state index < -0.39 is 6.10 Å². The average molecular weight is 1060 g/mol. The van der Waals surface area contributed by atoms with Gasteiger partial charge in [0.05, 0.1) is 0 Å². The van der Waals surface area contributed by atoms with Gasteiger partial charge < -0.3 is 14.2 Å². The molecule has 6 heteroatoms. The first-order chi connectivity index (χ1) is 38.0. The van der Waals surface area contributed by atoms with Gasteiger partial charge in [-0.1, -0.05) is 269 Å². The molecule has 0 aliphatic rings. The number of carbonyl (C=O) groups excluding carboxylic acids is 3. The molecule has 0 rings (SSSR count). The second-order valence-corrected chi connectivity index (χ2v) is 20.2. The smallest absolute Gasteiger partial charge is 0.306 e. The molecule has 0 saturated heterocycles. The molecule has 0 fully saturated rings. The first-order valence-electron chi connectivity index (χ1n) is 31.3. The Morgan fingerprint density at radius 1 is 0.273 bits per heavy atom. The Labute approximate surface area is 474 Å². The SMILES string of the molecule is CC/C=C\C/C=C\C/C=C\C/C=C\C/C=C\C/C=C\C/C=C\C/C=C\C/C=C\CCCC(=O)OCC(COC(=O)CCCCCCCCCCCCC)OC(=O)CCCCCCCC/C=C\C/C=C\C/C=C\CCCCC. The third kappa shape index (κ3) is 62.0. The Bertz CT molecular complexity index is 1700. The van der Waals surface area contributed by atoms with Crippen LogP contribution in [-0.2, 0) is 28.6 Å². The molecule has 77 heavy (non-hydrogen) atoms. The van der Waals surface area contributed by atoms with Crippen LogP contribution in [0.2, 0.25) is 0 Å². The lowest BCUT2D eigenvalue weighted by molar-refractivity contribution is -0.167. The van der Waals surface area contributed by atoms with Crippen LogP contribution in [0.25, 0.3) is 0 Å². The van der Waals surface area contributed by atoms with Crippen LogP contribution in [0.1, 0.15) is 265 Å². The maximum Gasteiger partial charge on any atom is 0.306 e. The fraction of sp³-hybridized carbons (Fsp3) is 0.620. The minimum Gasteiger partial charge on any atom is -0.462 e. The summed E-state index contributed by atoms with van der Waals surface area (Å²) in [7, 11) is 0. The standard InChI is InChI=1S/C71H114O6/c1-4-7-10-13-16-19-22-24-26-28-30-31-32-33-34-35-36-37-38-39-41-42-44-46-49-52-55-58-61-64-70(73)76-67-68(66-75-69(72)63-60-57-54-51-48-21-18-15-12-9-6-3)77-71(74)65-62-59-56-53-50-47-45-43-40-29-27-25-23-20-17-14-11-8-5-2/h7,10,16-17,19-20,24-27,30-31,33-34,36-37,39-41,43-44,46,52,55,68H,4-6,8-9,11-15,18,21-23,28-29,32,35,38,42,45,47-51,53-54,56-67H2,1-3H3/b10-7-,19-16-,20-17-,26-24-,27-25-,31-30-,34-33-,37-36-,41-39-,43-40-,46-44-,55-52-. The summed E-state index contributed by atoms with van der Waals surface area (Å²) in [5.41, 5.74) is 0. The second kappa shape index (κ2) is 63.8. The predicted octanol–water partition coefficient (Wildman–Crippen LogP) is 21.5. The van der Waals surface area contributed by atoms with Crippen molar-refractivity contribution in [2.75, 3.05) is 13.2 Å². The van der Waals surface area contributed by atoms with Crippen LogP contribution in [0, 0.1) is 0 Å². The molecule has 1 unspecified atom stereocenters. The summed E-state index contributed by atoms with van der Waals surface area (Å²) < 4.78 is 16.8. The molecule has 1 atom stereocenters. The van der Waals surface area contributed by atoms with E-state index in [0.717, 1.165) is 128 Å². The maximum atomic E-state index is 12.9. The molecule has 6 nitrogen and oxygen atoms in total. The highest BCUT2D eigenvalue weighted by Crippen LogP contribution is 2.14. The molecule has 0 bridgehead atoms. The molecule has 0 spiro atoms. The molecule has 434 valence electrons. The van der Waals surface area contributed by atoms with E-state index in [-0.39, 0.29) is 37.5 Å². The zero-order valence-electron chi connectivity index (χ0n) is 49.7. The zero-order valence-corrected chi connectivity index (χ0v) is 49.7. The molecule has 0 saturated carbocycles. The van der Waals surface area contributed by atoms with Gasteiger partial charge in [-0.3, -0.25) is 14.4 Å². The lowest BCUT2D eigenvalue weighted by Gasteiger charge is -2.18.